The van der Waals surface area contributed by atoms with E-state index in [1.165, 1.54) is 0 Å². The summed E-state index contributed by atoms with van der Waals surface area (Å²) in [5.41, 5.74) is 0. The normalized spacial score (nSPS) is 21.6. The fourth-order valence-corrected chi connectivity index (χ4v) is 0.772. The molecule has 58 valence electrons. The lowest BCUT2D eigenvalue weighted by molar-refractivity contribution is 0.384. The average Bonchev–Trinajstić information content (AvgIpc) is 1.22. The van der Waals surface area contributed by atoms with Gasteiger partial charge in [0.25, 0.3) is 0 Å². The first kappa shape index (κ1) is 8.74. The molecule has 0 amide bonds. The maximum atomic E-state index is 11.1. The molecule has 0 spiro atoms. The average molecular weight is 168 g/mol. The highest BCUT2D eigenvalue weighted by atomic mass is 32.5. The molecule has 0 aromatic heterocycles. The first-order valence-corrected chi connectivity index (χ1v) is 3.93. The summed E-state index contributed by atoms with van der Waals surface area (Å²) in [7, 11) is -9.21. The molecule has 0 aliphatic carbocycles. The van der Waals surface area contributed by atoms with E-state index >= 15 is 0 Å². The maximum Gasteiger partial charge on any atom is 0.304 e. The highest BCUT2D eigenvalue weighted by Crippen LogP contribution is 2.98. The van der Waals surface area contributed by atoms with E-state index in [-0.39, 0.29) is 6.08 Å². The van der Waals surface area contributed by atoms with Crippen molar-refractivity contribution in [3.8, 4) is 0 Å². The standard InChI is InChI=1S/C3H5F5S/c1-2-3-9(4,5,6,7)8/h2-3H,1H3. The van der Waals surface area contributed by atoms with Crippen LogP contribution in [0.2, 0.25) is 0 Å². The zero-order valence-electron chi connectivity index (χ0n) is 4.45. The molecule has 0 nitrogen and oxygen atoms in total. The van der Waals surface area contributed by atoms with Gasteiger partial charge in [0.15, 0.2) is 0 Å². The fraction of sp³-hybridized carbons (Fsp3) is 0.333. The van der Waals surface area contributed by atoms with Crippen molar-refractivity contribution in [3.63, 3.8) is 0 Å². The van der Waals surface area contributed by atoms with Gasteiger partial charge < -0.3 is 0 Å². The molecule has 0 bridgehead atoms. The van der Waals surface area contributed by atoms with Crippen LogP contribution < -0.4 is 0 Å². The summed E-state index contributed by atoms with van der Waals surface area (Å²) < 4.78 is 55.6. The van der Waals surface area contributed by atoms with Gasteiger partial charge in [-0.15, -0.1) is 0 Å². The quantitative estimate of drug-likeness (QED) is 0.522. The molecule has 0 aliphatic heterocycles. The minimum Gasteiger partial charge on any atom is -0.0942 e. The molecule has 0 aromatic carbocycles. The molecule has 9 heavy (non-hydrogen) atoms. The Morgan fingerprint density at radius 1 is 1.00 bits per heavy atom. The highest BCUT2D eigenvalue weighted by Gasteiger charge is 2.60. The Labute approximate surface area is 49.1 Å². The molecular formula is C3H5F5S. The zero-order chi connectivity index (χ0) is 7.82. The molecular weight excluding hydrogens is 163 g/mol. The van der Waals surface area contributed by atoms with Crippen LogP contribution in [-0.4, -0.2) is 0 Å². The Morgan fingerprint density at radius 2 is 1.33 bits per heavy atom. The molecule has 0 saturated heterocycles. The third kappa shape index (κ3) is 7.74. The van der Waals surface area contributed by atoms with E-state index in [9.17, 15) is 19.4 Å². The third-order valence-corrected chi connectivity index (χ3v) is 1.18. The van der Waals surface area contributed by atoms with Crippen LogP contribution in [0.3, 0.4) is 0 Å². The summed E-state index contributed by atoms with van der Waals surface area (Å²) in [6, 6.07) is 0. The van der Waals surface area contributed by atoms with Crippen LogP contribution in [0, 0.1) is 0 Å². The summed E-state index contributed by atoms with van der Waals surface area (Å²) in [5.74, 6) is 0. The van der Waals surface area contributed by atoms with Gasteiger partial charge in [-0.05, 0) is 6.92 Å². The van der Waals surface area contributed by atoms with Crippen LogP contribution in [0.25, 0.3) is 0 Å². The van der Waals surface area contributed by atoms with Gasteiger partial charge in [-0.3, -0.25) is 0 Å². The van der Waals surface area contributed by atoms with Gasteiger partial charge in [0, 0.05) is 0 Å². The largest absolute Gasteiger partial charge is 0.304 e. The van der Waals surface area contributed by atoms with Crippen LogP contribution in [0.1, 0.15) is 6.92 Å². The van der Waals surface area contributed by atoms with Crippen molar-refractivity contribution in [1.82, 2.24) is 0 Å². The fourth-order valence-electron chi connectivity index (χ4n) is 0.257. The molecule has 0 aliphatic rings. The van der Waals surface area contributed by atoms with E-state index < -0.39 is 15.6 Å². The van der Waals surface area contributed by atoms with E-state index in [1.807, 2.05) is 0 Å². The van der Waals surface area contributed by atoms with Crippen molar-refractivity contribution in [1.29, 1.82) is 0 Å². The second-order valence-corrected chi connectivity index (χ2v) is 3.83. The first-order chi connectivity index (χ1) is 3.54. The third-order valence-electron chi connectivity index (χ3n) is 0.393. The predicted octanol–water partition coefficient (Wildman–Crippen LogP) is 3.82. The number of allylic oxidation sites excluding steroid dienone is 1. The molecule has 6 heteroatoms. The van der Waals surface area contributed by atoms with E-state index in [2.05, 4.69) is 0 Å². The van der Waals surface area contributed by atoms with Gasteiger partial charge >= 0.3 is 10.2 Å². The van der Waals surface area contributed by atoms with Crippen molar-refractivity contribution in [2.45, 2.75) is 6.92 Å². The van der Waals surface area contributed by atoms with Crippen molar-refractivity contribution in [3.05, 3.63) is 11.5 Å². The molecule has 0 N–H and O–H groups in total. The van der Waals surface area contributed by atoms with Gasteiger partial charge in [-0.2, -0.15) is 0 Å². The molecule has 0 rings (SSSR count). The number of halogens is 5. The summed E-state index contributed by atoms with van der Waals surface area (Å²) in [4.78, 5) is 0. The number of hydrogen-bond acceptors (Lipinski definition) is 0. The lowest BCUT2D eigenvalue weighted by Crippen LogP contribution is -1.98. The van der Waals surface area contributed by atoms with Gasteiger partial charge in [-0.1, -0.05) is 25.5 Å². The van der Waals surface area contributed by atoms with Crippen LogP contribution >= 0.6 is 10.2 Å². The Kier molecular flexibility index (Phi) is 1.22. The Balaban J connectivity index is 4.76. The molecule has 0 radical (unpaired) electrons. The van der Waals surface area contributed by atoms with Gasteiger partial charge in [0.1, 0.15) is 0 Å². The topological polar surface area (TPSA) is 0 Å². The lowest BCUT2D eigenvalue weighted by Gasteiger charge is -2.36. The van der Waals surface area contributed by atoms with Crippen LogP contribution in [0.4, 0.5) is 19.4 Å². The smallest absolute Gasteiger partial charge is 0.0942 e. The predicted molar refractivity (Wildman–Crippen MR) is 27.9 cm³/mol. The molecule has 0 fully saturated rings. The van der Waals surface area contributed by atoms with Crippen LogP contribution in [0.15, 0.2) is 11.5 Å². The van der Waals surface area contributed by atoms with Crippen LogP contribution in [0.5, 0.6) is 0 Å². The monoisotopic (exact) mass is 168 g/mol. The number of rotatable bonds is 1. The zero-order valence-corrected chi connectivity index (χ0v) is 5.27. The maximum absolute atomic E-state index is 11.1. The summed E-state index contributed by atoms with van der Waals surface area (Å²) in [6.45, 7) is 0.887. The summed E-state index contributed by atoms with van der Waals surface area (Å²) in [6.07, 6.45) is 0.279. The molecule has 0 heterocycles. The molecule has 0 aromatic rings. The van der Waals surface area contributed by atoms with E-state index in [0.717, 1.165) is 6.92 Å². The SMILES string of the molecule is CC=CS(F)(F)(F)(F)F. The minimum absolute atomic E-state index is 0.279. The Morgan fingerprint density at radius 3 is 1.33 bits per heavy atom. The second-order valence-electron chi connectivity index (χ2n) is 1.50. The number of hydrogen-bond donors (Lipinski definition) is 0. The summed E-state index contributed by atoms with van der Waals surface area (Å²) in [5, 5.41) is -0.986. The van der Waals surface area contributed by atoms with Gasteiger partial charge in [0.2, 0.25) is 0 Å². The highest BCUT2D eigenvalue weighted by molar-refractivity contribution is 8.48. The lowest BCUT2D eigenvalue weighted by atomic mass is 10.8. The van der Waals surface area contributed by atoms with E-state index in [4.69, 9.17) is 0 Å². The Bertz CT molecular complexity index is 136. The second kappa shape index (κ2) is 1.25. The van der Waals surface area contributed by atoms with E-state index in [1.54, 1.807) is 0 Å². The molecule has 0 saturated carbocycles. The molecule has 0 atom stereocenters. The first-order valence-electron chi connectivity index (χ1n) is 1.92. The Hall–Kier alpha value is -0.260. The minimum atomic E-state index is -9.21. The van der Waals surface area contributed by atoms with Crippen molar-refractivity contribution >= 4 is 10.2 Å². The van der Waals surface area contributed by atoms with E-state index in [0.29, 0.717) is 0 Å². The van der Waals surface area contributed by atoms with Crippen LogP contribution in [-0.2, 0) is 0 Å². The molecule has 0 unspecified atom stereocenters. The van der Waals surface area contributed by atoms with Gasteiger partial charge in [-0.25, -0.2) is 0 Å². The van der Waals surface area contributed by atoms with Crippen molar-refractivity contribution < 1.29 is 19.4 Å². The van der Waals surface area contributed by atoms with Crippen molar-refractivity contribution in [2.24, 2.45) is 0 Å². The van der Waals surface area contributed by atoms with Gasteiger partial charge in [0.05, 0.1) is 5.41 Å². The van der Waals surface area contributed by atoms with Crippen molar-refractivity contribution in [2.75, 3.05) is 0 Å². The summed E-state index contributed by atoms with van der Waals surface area (Å²) >= 11 is 0.